The van der Waals surface area contributed by atoms with E-state index in [1.54, 1.807) is 0 Å². The molecule has 4 heteroatoms. The first-order chi connectivity index (χ1) is 9.26. The summed E-state index contributed by atoms with van der Waals surface area (Å²) >= 11 is 0. The fourth-order valence-electron chi connectivity index (χ4n) is 2.02. The predicted molar refractivity (Wildman–Crippen MR) is 82.8 cm³/mol. The van der Waals surface area contributed by atoms with E-state index < -0.39 is 0 Å². The number of anilines is 2. The summed E-state index contributed by atoms with van der Waals surface area (Å²) < 4.78 is 0. The summed E-state index contributed by atoms with van der Waals surface area (Å²) in [6.45, 7) is 8.14. The van der Waals surface area contributed by atoms with Crippen molar-refractivity contribution in [2.75, 3.05) is 23.7 Å². The zero-order valence-electron chi connectivity index (χ0n) is 12.6. The largest absolute Gasteiger partial charge is 0.370 e. The molecule has 0 aliphatic rings. The van der Waals surface area contributed by atoms with Crippen molar-refractivity contribution in [3.05, 3.63) is 11.8 Å². The Morgan fingerprint density at radius 1 is 0.947 bits per heavy atom. The first-order valence-corrected chi connectivity index (χ1v) is 7.59. The van der Waals surface area contributed by atoms with E-state index in [2.05, 4.69) is 34.4 Å². The van der Waals surface area contributed by atoms with Gasteiger partial charge in [0.25, 0.3) is 0 Å². The summed E-state index contributed by atoms with van der Waals surface area (Å²) in [6.07, 6.45) is 7.91. The van der Waals surface area contributed by atoms with Crippen LogP contribution in [0.5, 0.6) is 0 Å². The lowest BCUT2D eigenvalue weighted by Gasteiger charge is -2.09. The van der Waals surface area contributed by atoms with Gasteiger partial charge in [0.05, 0.1) is 0 Å². The van der Waals surface area contributed by atoms with Crippen LogP contribution in [-0.2, 0) is 0 Å². The third kappa shape index (κ3) is 6.99. The van der Waals surface area contributed by atoms with E-state index in [1.807, 2.05) is 13.0 Å². The van der Waals surface area contributed by atoms with Gasteiger partial charge in [0.15, 0.2) is 0 Å². The zero-order chi connectivity index (χ0) is 13.9. The van der Waals surface area contributed by atoms with Gasteiger partial charge in [0.2, 0.25) is 5.95 Å². The van der Waals surface area contributed by atoms with Crippen LogP contribution in [0.25, 0.3) is 0 Å². The Hall–Kier alpha value is -1.32. The van der Waals surface area contributed by atoms with Crippen LogP contribution in [0.1, 0.15) is 58.1 Å². The molecule has 0 aliphatic carbocycles. The minimum absolute atomic E-state index is 0.716. The highest BCUT2D eigenvalue weighted by Crippen LogP contribution is 2.10. The maximum atomic E-state index is 4.44. The molecule has 4 nitrogen and oxygen atoms in total. The molecule has 1 heterocycles. The SMILES string of the molecule is CCCCCCCCNc1cc(C)nc(NCC)n1. The second-order valence-corrected chi connectivity index (χ2v) is 4.94. The van der Waals surface area contributed by atoms with Gasteiger partial charge in [0.1, 0.15) is 5.82 Å². The van der Waals surface area contributed by atoms with Crippen molar-refractivity contribution in [1.29, 1.82) is 0 Å². The molecule has 2 N–H and O–H groups in total. The third-order valence-electron chi connectivity index (χ3n) is 3.03. The molecule has 0 saturated carbocycles. The molecule has 1 aromatic rings. The quantitative estimate of drug-likeness (QED) is 0.627. The number of unbranched alkanes of at least 4 members (excludes halogenated alkanes) is 5. The number of nitrogens with one attached hydrogen (secondary N) is 2. The minimum atomic E-state index is 0.716. The average molecular weight is 264 g/mol. The Bertz CT molecular complexity index is 352. The molecule has 1 rings (SSSR count). The van der Waals surface area contributed by atoms with Crippen LogP contribution in [0.2, 0.25) is 0 Å². The van der Waals surface area contributed by atoms with Crippen LogP contribution in [0.4, 0.5) is 11.8 Å². The summed E-state index contributed by atoms with van der Waals surface area (Å²) in [5.41, 5.74) is 0.997. The van der Waals surface area contributed by atoms with E-state index >= 15 is 0 Å². The average Bonchev–Trinajstić information content (AvgIpc) is 2.37. The highest BCUT2D eigenvalue weighted by molar-refractivity contribution is 5.41. The highest BCUT2D eigenvalue weighted by Gasteiger charge is 2.00. The molecule has 0 atom stereocenters. The van der Waals surface area contributed by atoms with Gasteiger partial charge in [-0.2, -0.15) is 4.98 Å². The van der Waals surface area contributed by atoms with Crippen molar-refractivity contribution in [3.8, 4) is 0 Å². The standard InChI is InChI=1S/C15H28N4/c1-4-6-7-8-9-10-11-17-14-12-13(3)18-15(19-14)16-5-2/h12H,4-11H2,1-3H3,(H2,16,17,18,19). The van der Waals surface area contributed by atoms with Gasteiger partial charge in [-0.3, -0.25) is 0 Å². The second-order valence-electron chi connectivity index (χ2n) is 4.94. The predicted octanol–water partition coefficient (Wildman–Crippen LogP) is 3.99. The molecule has 0 aliphatic heterocycles. The molecule has 0 spiro atoms. The van der Waals surface area contributed by atoms with Crippen molar-refractivity contribution in [3.63, 3.8) is 0 Å². The third-order valence-corrected chi connectivity index (χ3v) is 3.03. The molecule has 0 bridgehead atoms. The normalized spacial score (nSPS) is 10.5. The van der Waals surface area contributed by atoms with Crippen LogP contribution < -0.4 is 10.6 Å². The molecule has 0 aromatic carbocycles. The van der Waals surface area contributed by atoms with Crippen LogP contribution in [-0.4, -0.2) is 23.1 Å². The molecular weight excluding hydrogens is 236 g/mol. The van der Waals surface area contributed by atoms with E-state index in [0.717, 1.165) is 24.6 Å². The first kappa shape index (κ1) is 15.7. The van der Waals surface area contributed by atoms with E-state index in [-0.39, 0.29) is 0 Å². The molecule has 19 heavy (non-hydrogen) atoms. The van der Waals surface area contributed by atoms with Gasteiger partial charge in [-0.05, 0) is 20.3 Å². The van der Waals surface area contributed by atoms with Crippen molar-refractivity contribution in [2.24, 2.45) is 0 Å². The molecular formula is C15H28N4. The van der Waals surface area contributed by atoms with Crippen LogP contribution in [0.3, 0.4) is 0 Å². The van der Waals surface area contributed by atoms with E-state index in [9.17, 15) is 0 Å². The Kier molecular flexibility index (Phi) is 7.94. The van der Waals surface area contributed by atoms with Crippen LogP contribution >= 0.6 is 0 Å². The molecule has 0 radical (unpaired) electrons. The Morgan fingerprint density at radius 2 is 1.68 bits per heavy atom. The van der Waals surface area contributed by atoms with Crippen molar-refractivity contribution in [2.45, 2.75) is 59.3 Å². The fourth-order valence-corrected chi connectivity index (χ4v) is 2.02. The number of hydrogen-bond acceptors (Lipinski definition) is 4. The monoisotopic (exact) mass is 264 g/mol. The first-order valence-electron chi connectivity index (χ1n) is 7.59. The zero-order valence-corrected chi connectivity index (χ0v) is 12.6. The van der Waals surface area contributed by atoms with Crippen molar-refractivity contribution in [1.82, 2.24) is 9.97 Å². The lowest BCUT2D eigenvalue weighted by atomic mass is 10.1. The Labute approximate surface area is 117 Å². The van der Waals surface area contributed by atoms with Gasteiger partial charge in [-0.1, -0.05) is 39.0 Å². The molecule has 108 valence electrons. The maximum Gasteiger partial charge on any atom is 0.224 e. The van der Waals surface area contributed by atoms with Gasteiger partial charge in [0, 0.05) is 24.8 Å². The summed E-state index contributed by atoms with van der Waals surface area (Å²) in [4.78, 5) is 8.78. The maximum absolute atomic E-state index is 4.44. The van der Waals surface area contributed by atoms with Crippen molar-refractivity contribution < 1.29 is 0 Å². The summed E-state index contributed by atoms with van der Waals surface area (Å²) in [5.74, 6) is 1.64. The summed E-state index contributed by atoms with van der Waals surface area (Å²) in [5, 5.41) is 6.54. The van der Waals surface area contributed by atoms with E-state index in [1.165, 1.54) is 38.5 Å². The topological polar surface area (TPSA) is 49.8 Å². The van der Waals surface area contributed by atoms with Gasteiger partial charge < -0.3 is 10.6 Å². The van der Waals surface area contributed by atoms with Crippen molar-refractivity contribution >= 4 is 11.8 Å². The van der Waals surface area contributed by atoms with Gasteiger partial charge >= 0.3 is 0 Å². The highest BCUT2D eigenvalue weighted by atomic mass is 15.1. The van der Waals surface area contributed by atoms with Crippen LogP contribution in [0.15, 0.2) is 6.07 Å². The Morgan fingerprint density at radius 3 is 2.42 bits per heavy atom. The molecule has 0 fully saturated rings. The summed E-state index contributed by atoms with van der Waals surface area (Å²) in [6, 6.07) is 2.00. The molecule has 0 amide bonds. The van der Waals surface area contributed by atoms with Crippen LogP contribution in [0, 0.1) is 6.92 Å². The lowest BCUT2D eigenvalue weighted by Crippen LogP contribution is -2.08. The number of rotatable bonds is 10. The van der Waals surface area contributed by atoms with Gasteiger partial charge in [-0.15, -0.1) is 0 Å². The van der Waals surface area contributed by atoms with E-state index in [4.69, 9.17) is 0 Å². The van der Waals surface area contributed by atoms with E-state index in [0.29, 0.717) is 5.95 Å². The minimum Gasteiger partial charge on any atom is -0.370 e. The number of aromatic nitrogens is 2. The molecule has 0 saturated heterocycles. The summed E-state index contributed by atoms with van der Waals surface area (Å²) in [7, 11) is 0. The number of hydrogen-bond donors (Lipinski definition) is 2. The smallest absolute Gasteiger partial charge is 0.224 e. The lowest BCUT2D eigenvalue weighted by molar-refractivity contribution is 0.617. The molecule has 1 aromatic heterocycles. The fraction of sp³-hybridized carbons (Fsp3) is 0.733. The molecule has 0 unspecified atom stereocenters. The number of aryl methyl sites for hydroxylation is 1. The number of nitrogens with zero attached hydrogens (tertiary/aromatic N) is 2. The Balaban J connectivity index is 2.25. The van der Waals surface area contributed by atoms with Gasteiger partial charge in [-0.25, -0.2) is 4.98 Å². The second kappa shape index (κ2) is 9.59.